The van der Waals surface area contributed by atoms with Crippen LogP contribution in [0.15, 0.2) is 23.1 Å². The zero-order chi connectivity index (χ0) is 14.2. The molecule has 0 atom stereocenters. The maximum absolute atomic E-state index is 12.2. The SMILES string of the molecule is Cn1nnc(NS(=O)(=O)c2ccc3c(c2)CCCN3)n1. The van der Waals surface area contributed by atoms with E-state index < -0.39 is 10.0 Å². The van der Waals surface area contributed by atoms with Gasteiger partial charge in [0.1, 0.15) is 0 Å². The van der Waals surface area contributed by atoms with E-state index in [1.54, 1.807) is 25.2 Å². The van der Waals surface area contributed by atoms with Crippen molar-refractivity contribution in [2.75, 3.05) is 16.6 Å². The summed E-state index contributed by atoms with van der Waals surface area (Å²) < 4.78 is 26.8. The van der Waals surface area contributed by atoms with Gasteiger partial charge in [0.2, 0.25) is 0 Å². The molecule has 9 heteroatoms. The monoisotopic (exact) mass is 294 g/mol. The number of aromatic nitrogens is 4. The fourth-order valence-corrected chi connectivity index (χ4v) is 3.11. The normalized spacial score (nSPS) is 14.4. The summed E-state index contributed by atoms with van der Waals surface area (Å²) in [5, 5.41) is 14.2. The minimum atomic E-state index is -3.69. The number of nitrogens with zero attached hydrogens (tertiary/aromatic N) is 4. The third-order valence-electron chi connectivity index (χ3n) is 3.06. The molecule has 0 radical (unpaired) electrons. The summed E-state index contributed by atoms with van der Waals surface area (Å²) in [6.07, 6.45) is 1.87. The van der Waals surface area contributed by atoms with Gasteiger partial charge in [-0.1, -0.05) is 5.10 Å². The molecular formula is C11H14N6O2S. The lowest BCUT2D eigenvalue weighted by Gasteiger charge is -2.18. The summed E-state index contributed by atoms with van der Waals surface area (Å²) in [5.41, 5.74) is 2.00. The van der Waals surface area contributed by atoms with Crippen LogP contribution in [-0.4, -0.2) is 35.2 Å². The first-order valence-electron chi connectivity index (χ1n) is 6.18. The Kier molecular flexibility index (Phi) is 3.05. The lowest BCUT2D eigenvalue weighted by atomic mass is 10.0. The molecule has 0 unspecified atom stereocenters. The van der Waals surface area contributed by atoms with E-state index >= 15 is 0 Å². The van der Waals surface area contributed by atoms with Crippen LogP contribution in [-0.2, 0) is 23.5 Å². The van der Waals surface area contributed by atoms with Crippen LogP contribution in [0.3, 0.4) is 0 Å². The molecule has 0 saturated heterocycles. The van der Waals surface area contributed by atoms with Crippen LogP contribution in [0.2, 0.25) is 0 Å². The summed E-state index contributed by atoms with van der Waals surface area (Å²) in [7, 11) is -2.12. The van der Waals surface area contributed by atoms with Crippen molar-refractivity contribution >= 4 is 21.7 Å². The number of benzene rings is 1. The zero-order valence-corrected chi connectivity index (χ0v) is 11.7. The summed E-state index contributed by atoms with van der Waals surface area (Å²) in [5.74, 6) is -0.0386. The molecule has 1 aromatic carbocycles. The Morgan fingerprint density at radius 1 is 1.40 bits per heavy atom. The van der Waals surface area contributed by atoms with Crippen molar-refractivity contribution in [3.8, 4) is 0 Å². The highest BCUT2D eigenvalue weighted by Crippen LogP contribution is 2.25. The third kappa shape index (κ3) is 2.44. The number of aryl methyl sites for hydroxylation is 2. The van der Waals surface area contributed by atoms with Crippen molar-refractivity contribution in [1.29, 1.82) is 0 Å². The fraction of sp³-hybridized carbons (Fsp3) is 0.364. The van der Waals surface area contributed by atoms with Crippen LogP contribution in [0, 0.1) is 0 Å². The fourth-order valence-electron chi connectivity index (χ4n) is 2.12. The second kappa shape index (κ2) is 4.75. The minimum Gasteiger partial charge on any atom is -0.385 e. The van der Waals surface area contributed by atoms with Gasteiger partial charge in [0, 0.05) is 12.2 Å². The third-order valence-corrected chi connectivity index (χ3v) is 4.39. The first kappa shape index (κ1) is 12.9. The van der Waals surface area contributed by atoms with E-state index in [-0.39, 0.29) is 10.8 Å². The predicted octanol–water partition coefficient (Wildman–Crippen LogP) is 0.369. The van der Waals surface area contributed by atoms with Gasteiger partial charge < -0.3 is 5.32 Å². The van der Waals surface area contributed by atoms with Gasteiger partial charge in [-0.15, -0.1) is 5.10 Å². The highest BCUT2D eigenvalue weighted by Gasteiger charge is 2.19. The number of anilines is 2. The second-order valence-corrected chi connectivity index (χ2v) is 6.24. The van der Waals surface area contributed by atoms with Crippen LogP contribution >= 0.6 is 0 Å². The van der Waals surface area contributed by atoms with E-state index in [4.69, 9.17) is 0 Å². The molecule has 0 saturated carbocycles. The average Bonchev–Trinajstić information content (AvgIpc) is 2.83. The van der Waals surface area contributed by atoms with Gasteiger partial charge in [-0.25, -0.2) is 13.1 Å². The van der Waals surface area contributed by atoms with E-state index in [2.05, 4.69) is 25.4 Å². The van der Waals surface area contributed by atoms with Crippen LogP contribution in [0.5, 0.6) is 0 Å². The van der Waals surface area contributed by atoms with Crippen LogP contribution < -0.4 is 10.0 Å². The Hall–Kier alpha value is -2.16. The molecule has 0 aliphatic carbocycles. The van der Waals surface area contributed by atoms with Gasteiger partial charge in [0.25, 0.3) is 16.0 Å². The van der Waals surface area contributed by atoms with Gasteiger partial charge in [0.05, 0.1) is 11.9 Å². The molecule has 1 aliphatic rings. The van der Waals surface area contributed by atoms with E-state index in [1.165, 1.54) is 4.80 Å². The Balaban J connectivity index is 1.91. The average molecular weight is 294 g/mol. The van der Waals surface area contributed by atoms with Crippen LogP contribution in [0.1, 0.15) is 12.0 Å². The number of fused-ring (bicyclic) bond motifs is 1. The molecule has 0 bridgehead atoms. The molecule has 2 N–H and O–H groups in total. The number of tetrazole rings is 1. The molecule has 20 heavy (non-hydrogen) atoms. The largest absolute Gasteiger partial charge is 0.385 e. The van der Waals surface area contributed by atoms with E-state index in [0.717, 1.165) is 30.6 Å². The molecule has 106 valence electrons. The Morgan fingerprint density at radius 2 is 2.25 bits per heavy atom. The predicted molar refractivity (Wildman–Crippen MR) is 72.9 cm³/mol. The lowest BCUT2D eigenvalue weighted by Crippen LogP contribution is -2.16. The molecule has 2 heterocycles. The molecule has 3 rings (SSSR count). The van der Waals surface area contributed by atoms with Gasteiger partial charge >= 0.3 is 0 Å². The minimum absolute atomic E-state index is 0.0386. The number of hydrogen-bond acceptors (Lipinski definition) is 6. The number of hydrogen-bond donors (Lipinski definition) is 2. The maximum atomic E-state index is 12.2. The van der Waals surface area contributed by atoms with Gasteiger partial charge in [-0.2, -0.15) is 4.80 Å². The van der Waals surface area contributed by atoms with E-state index in [0.29, 0.717) is 0 Å². The lowest BCUT2D eigenvalue weighted by molar-refractivity contribution is 0.600. The maximum Gasteiger partial charge on any atom is 0.277 e. The molecule has 1 aliphatic heterocycles. The van der Waals surface area contributed by atoms with Gasteiger partial charge in [-0.05, 0) is 41.8 Å². The van der Waals surface area contributed by atoms with E-state index in [1.807, 2.05) is 0 Å². The molecule has 0 amide bonds. The molecule has 1 aromatic heterocycles. The number of nitrogens with one attached hydrogen (secondary N) is 2. The highest BCUT2D eigenvalue weighted by atomic mass is 32.2. The Labute approximate surface area is 116 Å². The Bertz CT molecular complexity index is 739. The zero-order valence-electron chi connectivity index (χ0n) is 10.9. The van der Waals surface area contributed by atoms with Crippen LogP contribution in [0.25, 0.3) is 0 Å². The van der Waals surface area contributed by atoms with Crippen molar-refractivity contribution in [2.24, 2.45) is 7.05 Å². The van der Waals surface area contributed by atoms with Crippen molar-refractivity contribution in [3.63, 3.8) is 0 Å². The van der Waals surface area contributed by atoms with Crippen LogP contribution in [0.4, 0.5) is 11.6 Å². The topological polar surface area (TPSA) is 102 Å². The first-order valence-corrected chi connectivity index (χ1v) is 7.66. The summed E-state index contributed by atoms with van der Waals surface area (Å²) in [6, 6.07) is 5.03. The molecule has 2 aromatic rings. The Morgan fingerprint density at radius 3 is 3.00 bits per heavy atom. The van der Waals surface area contributed by atoms with Gasteiger partial charge in [0.15, 0.2) is 0 Å². The smallest absolute Gasteiger partial charge is 0.277 e. The highest BCUT2D eigenvalue weighted by molar-refractivity contribution is 7.92. The first-order chi connectivity index (χ1) is 9.54. The number of rotatable bonds is 3. The summed E-state index contributed by atoms with van der Waals surface area (Å²) in [4.78, 5) is 1.39. The van der Waals surface area contributed by atoms with Crippen molar-refractivity contribution in [2.45, 2.75) is 17.7 Å². The van der Waals surface area contributed by atoms with Crippen molar-refractivity contribution in [3.05, 3.63) is 23.8 Å². The van der Waals surface area contributed by atoms with Crippen molar-refractivity contribution in [1.82, 2.24) is 20.2 Å². The molecule has 8 nitrogen and oxygen atoms in total. The second-order valence-electron chi connectivity index (χ2n) is 4.56. The molecule has 0 spiro atoms. The molecule has 0 fully saturated rings. The quantitative estimate of drug-likeness (QED) is 0.848. The standard InChI is InChI=1S/C11H14N6O2S/c1-17-14-11(13-16-17)15-20(18,19)9-4-5-10-8(7-9)3-2-6-12-10/h4-5,7,12H,2-3,6H2,1H3,(H,14,15). The van der Waals surface area contributed by atoms with Gasteiger partial charge in [-0.3, -0.25) is 0 Å². The number of sulfonamides is 1. The van der Waals surface area contributed by atoms with Crippen molar-refractivity contribution < 1.29 is 8.42 Å². The van der Waals surface area contributed by atoms with E-state index in [9.17, 15) is 8.42 Å². The summed E-state index contributed by atoms with van der Waals surface area (Å²) >= 11 is 0. The summed E-state index contributed by atoms with van der Waals surface area (Å²) in [6.45, 7) is 0.918. The molecular weight excluding hydrogens is 280 g/mol.